The Labute approximate surface area is 476 Å². The lowest BCUT2D eigenvalue weighted by atomic mass is 9.97. The van der Waals surface area contributed by atoms with Crippen molar-refractivity contribution < 1.29 is 64.6 Å². The van der Waals surface area contributed by atoms with Crippen LogP contribution in [0.15, 0.2) is 0 Å². The zero-order valence-electron chi connectivity index (χ0n) is 50.2. The van der Waals surface area contributed by atoms with E-state index in [1.165, 1.54) is 231 Å². The summed E-state index contributed by atoms with van der Waals surface area (Å²) in [7, 11) is 0. The quantitative estimate of drug-likeness (QED) is 0.0259. The Morgan fingerprint density at radius 2 is 0.731 bits per heavy atom. The smallest absolute Gasteiger partial charge is 0.220 e. The van der Waals surface area contributed by atoms with Gasteiger partial charge in [0.15, 0.2) is 12.6 Å². The summed E-state index contributed by atoms with van der Waals surface area (Å²) in [5.74, 6) is -0.199. The lowest BCUT2D eigenvalue weighted by Crippen LogP contribution is -2.65. The molecule has 0 aromatic heterocycles. The highest BCUT2D eigenvalue weighted by Gasteiger charge is 2.51. The fraction of sp³-hybridized carbons (Fsp3) is 0.984. The maximum absolute atomic E-state index is 13.3. The van der Waals surface area contributed by atoms with Crippen LogP contribution in [0.1, 0.15) is 309 Å². The summed E-state index contributed by atoms with van der Waals surface area (Å²) in [6, 6.07) is -0.823. The van der Waals surface area contributed by atoms with E-state index in [1.54, 1.807) is 0 Å². The van der Waals surface area contributed by atoms with Gasteiger partial charge >= 0.3 is 0 Å². The number of ether oxygens (including phenoxy) is 4. The summed E-state index contributed by atoms with van der Waals surface area (Å²) in [5, 5.41) is 87.4. The highest BCUT2D eigenvalue weighted by molar-refractivity contribution is 5.76. The maximum Gasteiger partial charge on any atom is 0.220 e. The van der Waals surface area contributed by atoms with Crippen LogP contribution in [0, 0.1) is 0 Å². The van der Waals surface area contributed by atoms with Gasteiger partial charge in [0.2, 0.25) is 5.91 Å². The molecule has 2 fully saturated rings. The van der Waals surface area contributed by atoms with E-state index in [1.807, 2.05) is 0 Å². The zero-order chi connectivity index (χ0) is 56.7. The van der Waals surface area contributed by atoms with Crippen LogP contribution in [0.3, 0.4) is 0 Å². The lowest BCUT2D eigenvalue weighted by Gasteiger charge is -2.46. The van der Waals surface area contributed by atoms with Crippen LogP contribution in [-0.4, -0.2) is 140 Å². The normalized spacial score (nSPS) is 24.4. The molecular weight excluding hydrogens is 991 g/mol. The molecular formula is C64H125NO13. The van der Waals surface area contributed by atoms with Crippen LogP contribution < -0.4 is 5.32 Å². The molecule has 14 heteroatoms. The van der Waals surface area contributed by atoms with Gasteiger partial charge in [-0.1, -0.05) is 290 Å². The van der Waals surface area contributed by atoms with Gasteiger partial charge in [-0.3, -0.25) is 4.79 Å². The standard InChI is InChI=1S/C64H125NO13/c1-3-5-7-9-11-13-15-17-19-20-21-22-23-24-25-26-27-28-29-30-31-32-34-36-38-40-42-44-46-48-56(69)65-52(53(68)47-45-43-41-39-37-35-33-18-16-14-12-10-8-6-4-2)51-75-63-61(74)59(72)62(55(50-67)77-63)78-64-60(73)58(71)57(70)54(49-66)76-64/h52-55,57-64,66-68,70-74H,3-51H2,1-2H3,(H,65,69). The van der Waals surface area contributed by atoms with Crippen LogP contribution in [0.2, 0.25) is 0 Å². The Hall–Kier alpha value is -1.01. The van der Waals surface area contributed by atoms with Gasteiger partial charge in [0, 0.05) is 6.42 Å². The number of unbranched alkanes of at least 4 members (excludes halogenated alkanes) is 42. The summed E-state index contributed by atoms with van der Waals surface area (Å²) < 4.78 is 22.9. The molecule has 0 saturated carbocycles. The van der Waals surface area contributed by atoms with Crippen molar-refractivity contribution in [1.82, 2.24) is 5.32 Å². The summed E-state index contributed by atoms with van der Waals surface area (Å²) >= 11 is 0. The molecule has 2 heterocycles. The van der Waals surface area contributed by atoms with Crippen molar-refractivity contribution in [2.24, 2.45) is 0 Å². The summed E-state index contributed by atoms with van der Waals surface area (Å²) in [5.41, 5.74) is 0. The topological polar surface area (TPSA) is 228 Å². The maximum atomic E-state index is 13.3. The van der Waals surface area contributed by atoms with E-state index in [-0.39, 0.29) is 12.5 Å². The molecule has 0 bridgehead atoms. The minimum atomic E-state index is -1.78. The molecule has 9 N–H and O–H groups in total. The molecule has 2 rings (SSSR count). The van der Waals surface area contributed by atoms with Crippen LogP contribution in [0.5, 0.6) is 0 Å². The largest absolute Gasteiger partial charge is 0.394 e. The van der Waals surface area contributed by atoms with E-state index in [2.05, 4.69) is 19.2 Å². The lowest BCUT2D eigenvalue weighted by molar-refractivity contribution is -0.359. The number of amides is 1. The highest BCUT2D eigenvalue weighted by Crippen LogP contribution is 2.30. The zero-order valence-corrected chi connectivity index (χ0v) is 50.2. The van der Waals surface area contributed by atoms with E-state index in [0.29, 0.717) is 12.8 Å². The van der Waals surface area contributed by atoms with Gasteiger partial charge in [0.05, 0.1) is 32.0 Å². The first-order chi connectivity index (χ1) is 38.1. The van der Waals surface area contributed by atoms with Gasteiger partial charge in [-0.15, -0.1) is 0 Å². The molecule has 2 saturated heterocycles. The minimum absolute atomic E-state index is 0.199. The van der Waals surface area contributed by atoms with Crippen molar-refractivity contribution in [2.45, 2.75) is 383 Å². The van der Waals surface area contributed by atoms with Crippen molar-refractivity contribution in [3.05, 3.63) is 0 Å². The molecule has 12 unspecified atom stereocenters. The SMILES string of the molecule is CCCCCCCCCCCCCCCCCCCCCCCCCCCCCCCC(=O)NC(COC1OC(CO)C(OC2OC(CO)C(O)C(O)C2O)C(O)C1O)C(O)CCCCCCCCCCCCCCCCC. The predicted octanol–water partition coefficient (Wildman–Crippen LogP) is 12.5. The first-order valence-corrected chi connectivity index (χ1v) is 33.3. The van der Waals surface area contributed by atoms with Crippen molar-refractivity contribution >= 4 is 5.91 Å². The van der Waals surface area contributed by atoms with Crippen LogP contribution in [0.4, 0.5) is 0 Å². The number of carbonyl (C=O) groups is 1. The van der Waals surface area contributed by atoms with E-state index < -0.39 is 86.8 Å². The molecule has 12 atom stereocenters. The molecule has 2 aliphatic heterocycles. The molecule has 2 aliphatic rings. The Kier molecular flexibility index (Phi) is 47.3. The van der Waals surface area contributed by atoms with Crippen molar-refractivity contribution in [1.29, 1.82) is 0 Å². The second kappa shape index (κ2) is 50.5. The van der Waals surface area contributed by atoms with Crippen molar-refractivity contribution in [2.75, 3.05) is 19.8 Å². The monoisotopic (exact) mass is 1120 g/mol. The Morgan fingerprint density at radius 3 is 1.09 bits per heavy atom. The molecule has 1 amide bonds. The van der Waals surface area contributed by atoms with Gasteiger partial charge in [-0.05, 0) is 12.8 Å². The van der Waals surface area contributed by atoms with Gasteiger partial charge in [-0.25, -0.2) is 0 Å². The van der Waals surface area contributed by atoms with E-state index >= 15 is 0 Å². The number of rotatable bonds is 55. The van der Waals surface area contributed by atoms with Gasteiger partial charge < -0.3 is 65.1 Å². The summed E-state index contributed by atoms with van der Waals surface area (Å²) in [6.45, 7) is 2.91. The Morgan fingerprint density at radius 1 is 0.410 bits per heavy atom. The first-order valence-electron chi connectivity index (χ1n) is 33.3. The second-order valence-corrected chi connectivity index (χ2v) is 24.0. The predicted molar refractivity (Wildman–Crippen MR) is 314 cm³/mol. The molecule has 0 spiro atoms. The average molecular weight is 1120 g/mol. The highest BCUT2D eigenvalue weighted by atomic mass is 16.7. The number of hydrogen-bond donors (Lipinski definition) is 9. The number of carbonyl (C=O) groups excluding carboxylic acids is 1. The third-order valence-corrected chi connectivity index (χ3v) is 16.8. The Balaban J connectivity index is 1.64. The number of nitrogens with one attached hydrogen (secondary N) is 1. The van der Waals surface area contributed by atoms with Crippen LogP contribution >= 0.6 is 0 Å². The van der Waals surface area contributed by atoms with Crippen LogP contribution in [0.25, 0.3) is 0 Å². The number of hydrogen-bond acceptors (Lipinski definition) is 13. The van der Waals surface area contributed by atoms with E-state index in [9.17, 15) is 45.6 Å². The molecule has 78 heavy (non-hydrogen) atoms. The summed E-state index contributed by atoms with van der Waals surface area (Å²) in [4.78, 5) is 13.3. The fourth-order valence-corrected chi connectivity index (χ4v) is 11.5. The molecule has 0 aromatic carbocycles. The van der Waals surface area contributed by atoms with Gasteiger partial charge in [0.1, 0.15) is 48.8 Å². The molecule has 464 valence electrons. The van der Waals surface area contributed by atoms with Crippen molar-refractivity contribution in [3.8, 4) is 0 Å². The molecule has 0 aliphatic carbocycles. The number of aliphatic hydroxyl groups excluding tert-OH is 8. The third-order valence-electron chi connectivity index (χ3n) is 16.8. The van der Waals surface area contributed by atoms with Gasteiger partial charge in [-0.2, -0.15) is 0 Å². The summed E-state index contributed by atoms with van der Waals surface area (Å²) in [6.07, 6.45) is 41.2. The Bertz CT molecular complexity index is 1310. The molecule has 0 radical (unpaired) electrons. The third kappa shape index (κ3) is 35.2. The first kappa shape index (κ1) is 73.1. The minimum Gasteiger partial charge on any atom is -0.394 e. The van der Waals surface area contributed by atoms with E-state index in [4.69, 9.17) is 18.9 Å². The number of aliphatic hydroxyl groups is 8. The molecule has 0 aromatic rings. The van der Waals surface area contributed by atoms with E-state index in [0.717, 1.165) is 51.4 Å². The second-order valence-electron chi connectivity index (χ2n) is 24.0. The van der Waals surface area contributed by atoms with Crippen molar-refractivity contribution in [3.63, 3.8) is 0 Å². The molecule has 14 nitrogen and oxygen atoms in total. The van der Waals surface area contributed by atoms with Gasteiger partial charge in [0.25, 0.3) is 0 Å². The fourth-order valence-electron chi connectivity index (χ4n) is 11.5. The average Bonchev–Trinajstić information content (AvgIpc) is 3.47. The van der Waals surface area contributed by atoms with Crippen LogP contribution in [-0.2, 0) is 23.7 Å².